The highest BCUT2D eigenvalue weighted by Crippen LogP contribution is 2.26. The standard InChI is InChI=1S/C15H26N2O/c1-6-15(2,11-16-3)12-17(4)13-8-7-9-14(10-13)18-5/h7-10,16H,6,11-12H2,1-5H3. The zero-order valence-corrected chi connectivity index (χ0v) is 12.3. The van der Waals surface area contributed by atoms with Crippen molar-refractivity contribution in [1.82, 2.24) is 5.32 Å². The van der Waals surface area contributed by atoms with Gasteiger partial charge in [-0.3, -0.25) is 0 Å². The molecule has 0 aromatic heterocycles. The molecule has 102 valence electrons. The first-order valence-corrected chi connectivity index (χ1v) is 6.54. The van der Waals surface area contributed by atoms with Crippen LogP contribution in [0.4, 0.5) is 5.69 Å². The second-order valence-electron chi connectivity index (χ2n) is 5.25. The molecule has 0 bridgehead atoms. The highest BCUT2D eigenvalue weighted by molar-refractivity contribution is 5.50. The lowest BCUT2D eigenvalue weighted by Gasteiger charge is -2.34. The van der Waals surface area contributed by atoms with E-state index < -0.39 is 0 Å². The zero-order chi connectivity index (χ0) is 13.6. The minimum absolute atomic E-state index is 0.284. The lowest BCUT2D eigenvalue weighted by Crippen LogP contribution is -2.39. The molecule has 1 unspecified atom stereocenters. The Morgan fingerprint density at radius 2 is 2.11 bits per heavy atom. The molecule has 0 aliphatic rings. The third kappa shape index (κ3) is 3.91. The second-order valence-corrected chi connectivity index (χ2v) is 5.25. The molecule has 1 N–H and O–H groups in total. The number of nitrogens with one attached hydrogen (secondary N) is 1. The van der Waals surface area contributed by atoms with Crippen molar-refractivity contribution in [3.8, 4) is 5.75 Å². The number of ether oxygens (including phenoxy) is 1. The molecular formula is C15H26N2O. The van der Waals surface area contributed by atoms with Crippen LogP contribution in [-0.2, 0) is 0 Å². The number of benzene rings is 1. The average molecular weight is 250 g/mol. The molecule has 3 heteroatoms. The van der Waals surface area contributed by atoms with E-state index >= 15 is 0 Å². The fourth-order valence-corrected chi connectivity index (χ4v) is 2.23. The molecule has 0 spiro atoms. The minimum Gasteiger partial charge on any atom is -0.497 e. The number of rotatable bonds is 7. The molecule has 0 amide bonds. The van der Waals surface area contributed by atoms with Crippen LogP contribution in [0.15, 0.2) is 24.3 Å². The molecule has 3 nitrogen and oxygen atoms in total. The quantitative estimate of drug-likeness (QED) is 0.805. The summed E-state index contributed by atoms with van der Waals surface area (Å²) in [5.41, 5.74) is 1.48. The molecule has 0 fully saturated rings. The summed E-state index contributed by atoms with van der Waals surface area (Å²) in [6.07, 6.45) is 1.15. The summed E-state index contributed by atoms with van der Waals surface area (Å²) in [5.74, 6) is 0.908. The van der Waals surface area contributed by atoms with Crippen molar-refractivity contribution < 1.29 is 4.74 Å². The third-order valence-electron chi connectivity index (χ3n) is 3.57. The summed E-state index contributed by atoms with van der Waals surface area (Å²) in [7, 11) is 5.86. The van der Waals surface area contributed by atoms with Crippen molar-refractivity contribution in [2.24, 2.45) is 5.41 Å². The van der Waals surface area contributed by atoms with Gasteiger partial charge in [-0.25, -0.2) is 0 Å². The smallest absolute Gasteiger partial charge is 0.120 e. The number of nitrogens with zero attached hydrogens (tertiary/aromatic N) is 1. The molecule has 18 heavy (non-hydrogen) atoms. The Kier molecular flexibility index (Phi) is 5.48. The van der Waals surface area contributed by atoms with E-state index in [1.54, 1.807) is 7.11 Å². The summed E-state index contributed by atoms with van der Waals surface area (Å²) >= 11 is 0. The third-order valence-corrected chi connectivity index (χ3v) is 3.57. The van der Waals surface area contributed by atoms with Crippen LogP contribution in [0.2, 0.25) is 0 Å². The minimum atomic E-state index is 0.284. The van der Waals surface area contributed by atoms with E-state index in [9.17, 15) is 0 Å². The van der Waals surface area contributed by atoms with Gasteiger partial charge in [0.2, 0.25) is 0 Å². The monoisotopic (exact) mass is 250 g/mol. The molecular weight excluding hydrogens is 224 g/mol. The van der Waals surface area contributed by atoms with Gasteiger partial charge < -0.3 is 15.0 Å². The highest BCUT2D eigenvalue weighted by Gasteiger charge is 2.23. The maximum absolute atomic E-state index is 5.27. The zero-order valence-electron chi connectivity index (χ0n) is 12.3. The van der Waals surface area contributed by atoms with E-state index in [4.69, 9.17) is 4.74 Å². The summed E-state index contributed by atoms with van der Waals surface area (Å²) in [6, 6.07) is 8.21. The molecule has 1 aromatic carbocycles. The molecule has 0 aliphatic carbocycles. The normalized spacial score (nSPS) is 14.1. The molecule has 1 atom stereocenters. The Balaban J connectivity index is 2.76. The summed E-state index contributed by atoms with van der Waals surface area (Å²) in [6.45, 7) is 6.62. The Morgan fingerprint density at radius 1 is 1.39 bits per heavy atom. The van der Waals surface area contributed by atoms with Crippen molar-refractivity contribution in [3.05, 3.63) is 24.3 Å². The fourth-order valence-electron chi connectivity index (χ4n) is 2.23. The number of anilines is 1. The second kappa shape index (κ2) is 6.64. The van der Waals surface area contributed by atoms with Gasteiger partial charge in [-0.1, -0.05) is 19.9 Å². The Hall–Kier alpha value is -1.22. The Morgan fingerprint density at radius 3 is 2.67 bits per heavy atom. The average Bonchev–Trinajstić information content (AvgIpc) is 2.39. The van der Waals surface area contributed by atoms with Crippen LogP contribution >= 0.6 is 0 Å². The van der Waals surface area contributed by atoms with Crippen LogP contribution < -0.4 is 15.0 Å². The first kappa shape index (κ1) is 14.8. The Labute approximate surface area is 111 Å². The van der Waals surface area contributed by atoms with Crippen molar-refractivity contribution in [3.63, 3.8) is 0 Å². The van der Waals surface area contributed by atoms with Gasteiger partial charge in [0.15, 0.2) is 0 Å². The maximum atomic E-state index is 5.27. The summed E-state index contributed by atoms with van der Waals surface area (Å²) in [5, 5.41) is 3.29. The van der Waals surface area contributed by atoms with E-state index in [0.29, 0.717) is 0 Å². The first-order chi connectivity index (χ1) is 8.54. The van der Waals surface area contributed by atoms with Gasteiger partial charge in [-0.2, -0.15) is 0 Å². The summed E-state index contributed by atoms with van der Waals surface area (Å²) in [4.78, 5) is 2.30. The van der Waals surface area contributed by atoms with E-state index in [1.807, 2.05) is 19.2 Å². The van der Waals surface area contributed by atoms with E-state index in [-0.39, 0.29) is 5.41 Å². The van der Waals surface area contributed by atoms with Crippen molar-refractivity contribution in [1.29, 1.82) is 0 Å². The van der Waals surface area contributed by atoms with Gasteiger partial charge in [0.05, 0.1) is 7.11 Å². The lowest BCUT2D eigenvalue weighted by molar-refractivity contribution is 0.308. The van der Waals surface area contributed by atoms with Gasteiger partial charge in [0.25, 0.3) is 0 Å². The topological polar surface area (TPSA) is 24.5 Å². The molecule has 0 heterocycles. The van der Waals surface area contributed by atoms with Crippen molar-refractivity contribution in [2.45, 2.75) is 20.3 Å². The van der Waals surface area contributed by atoms with Crippen LogP contribution in [0, 0.1) is 5.41 Å². The highest BCUT2D eigenvalue weighted by atomic mass is 16.5. The summed E-state index contributed by atoms with van der Waals surface area (Å²) < 4.78 is 5.27. The maximum Gasteiger partial charge on any atom is 0.120 e. The van der Waals surface area contributed by atoms with Crippen LogP contribution in [-0.4, -0.2) is 34.3 Å². The van der Waals surface area contributed by atoms with Crippen LogP contribution in [0.1, 0.15) is 20.3 Å². The van der Waals surface area contributed by atoms with Gasteiger partial charge in [0, 0.05) is 31.9 Å². The van der Waals surface area contributed by atoms with Crippen molar-refractivity contribution >= 4 is 5.69 Å². The predicted octanol–water partition coefficient (Wildman–Crippen LogP) is 2.77. The van der Waals surface area contributed by atoms with Gasteiger partial charge in [-0.05, 0) is 31.0 Å². The molecule has 1 aromatic rings. The largest absolute Gasteiger partial charge is 0.497 e. The van der Waals surface area contributed by atoms with E-state index in [2.05, 4.69) is 43.2 Å². The molecule has 0 aliphatic heterocycles. The van der Waals surface area contributed by atoms with E-state index in [1.165, 1.54) is 5.69 Å². The first-order valence-electron chi connectivity index (χ1n) is 6.54. The molecule has 0 saturated heterocycles. The molecule has 0 saturated carbocycles. The van der Waals surface area contributed by atoms with Gasteiger partial charge in [0.1, 0.15) is 5.75 Å². The van der Waals surface area contributed by atoms with Crippen LogP contribution in [0.3, 0.4) is 0 Å². The molecule has 0 radical (unpaired) electrons. The van der Waals surface area contributed by atoms with Crippen molar-refractivity contribution in [2.75, 3.05) is 39.2 Å². The van der Waals surface area contributed by atoms with Gasteiger partial charge in [-0.15, -0.1) is 0 Å². The number of hydrogen-bond acceptors (Lipinski definition) is 3. The molecule has 1 rings (SSSR count). The lowest BCUT2D eigenvalue weighted by atomic mass is 9.87. The van der Waals surface area contributed by atoms with Gasteiger partial charge >= 0.3 is 0 Å². The SMILES string of the molecule is CCC(C)(CNC)CN(C)c1cccc(OC)c1. The van der Waals surface area contributed by atoms with E-state index in [0.717, 1.165) is 25.3 Å². The van der Waals surface area contributed by atoms with Crippen LogP contribution in [0.5, 0.6) is 5.75 Å². The number of methoxy groups -OCH3 is 1. The number of hydrogen-bond donors (Lipinski definition) is 1. The predicted molar refractivity (Wildman–Crippen MR) is 78.6 cm³/mol. The fraction of sp³-hybridized carbons (Fsp3) is 0.600. The van der Waals surface area contributed by atoms with Crippen LogP contribution in [0.25, 0.3) is 0 Å². The Bertz CT molecular complexity index is 367.